The van der Waals surface area contributed by atoms with E-state index in [1.807, 2.05) is 73.7 Å². The molecule has 0 saturated heterocycles. The van der Waals surface area contributed by atoms with Crippen LogP contribution in [0.2, 0.25) is 0 Å². The second-order valence-electron chi connectivity index (χ2n) is 7.28. The molecule has 0 atom stereocenters. The van der Waals surface area contributed by atoms with Crippen molar-refractivity contribution in [3.63, 3.8) is 0 Å². The molecule has 0 spiro atoms. The summed E-state index contributed by atoms with van der Waals surface area (Å²) in [4.78, 5) is 12.4. The van der Waals surface area contributed by atoms with Gasteiger partial charge in [0.15, 0.2) is 11.5 Å². The molecule has 1 aliphatic heterocycles. The summed E-state index contributed by atoms with van der Waals surface area (Å²) in [5.74, 6) is 2.12. The Bertz CT molecular complexity index is 1190. The van der Waals surface area contributed by atoms with E-state index in [0.29, 0.717) is 36.0 Å². The molecule has 0 unspecified atom stereocenters. The number of carbonyl (C=O) groups excluding carboxylic acids is 1. The Morgan fingerprint density at radius 2 is 1.70 bits per heavy atom. The van der Waals surface area contributed by atoms with Crippen LogP contribution in [0.1, 0.15) is 23.6 Å². The zero-order valence-electron chi connectivity index (χ0n) is 18.3. The minimum Gasteiger partial charge on any atom is -0.497 e. The van der Waals surface area contributed by atoms with Crippen molar-refractivity contribution in [2.24, 2.45) is 0 Å². The highest BCUT2D eigenvalue weighted by molar-refractivity contribution is 9.10. The molecule has 1 heterocycles. The van der Waals surface area contributed by atoms with E-state index in [9.17, 15) is 4.79 Å². The Labute approximate surface area is 201 Å². The minimum atomic E-state index is -0.394. The number of esters is 1. The van der Waals surface area contributed by atoms with E-state index >= 15 is 0 Å². The highest BCUT2D eigenvalue weighted by Gasteiger charge is 2.22. The maximum atomic E-state index is 12.4. The number of rotatable bonds is 8. The zero-order valence-corrected chi connectivity index (χ0v) is 19.9. The summed E-state index contributed by atoms with van der Waals surface area (Å²) < 4.78 is 23.4. The van der Waals surface area contributed by atoms with Crippen LogP contribution in [-0.2, 0) is 16.1 Å². The third kappa shape index (κ3) is 5.65. The number of carbonyl (C=O) groups is 1. The van der Waals surface area contributed by atoms with E-state index < -0.39 is 5.97 Å². The van der Waals surface area contributed by atoms with Gasteiger partial charge in [-0.2, -0.15) is 0 Å². The Morgan fingerprint density at radius 1 is 0.939 bits per heavy atom. The number of methoxy groups -OCH3 is 1. The number of hydrogen-bond acceptors (Lipinski definition) is 5. The summed E-state index contributed by atoms with van der Waals surface area (Å²) in [7, 11) is 1.61. The topological polar surface area (TPSA) is 54.0 Å². The molecule has 168 valence electrons. The molecule has 3 aromatic rings. The number of hydrogen-bond donors (Lipinski definition) is 0. The second-order valence-corrected chi connectivity index (χ2v) is 8.20. The fourth-order valence-corrected chi connectivity index (χ4v) is 3.57. The molecule has 0 aromatic heterocycles. The SMILES string of the molecule is CCOc1cc(/C=C2\C=C(c3ccc(OC)cc3)OC2=O)ccc1OCc1ccc(Br)cc1. The molecule has 0 N–H and O–H groups in total. The number of benzene rings is 3. The fraction of sp³-hybridized carbons (Fsp3) is 0.148. The smallest absolute Gasteiger partial charge is 0.343 e. The van der Waals surface area contributed by atoms with Gasteiger partial charge in [-0.3, -0.25) is 0 Å². The van der Waals surface area contributed by atoms with Crippen LogP contribution in [0, 0.1) is 0 Å². The first-order valence-corrected chi connectivity index (χ1v) is 11.3. The third-order valence-corrected chi connectivity index (χ3v) is 5.53. The molecule has 3 aromatic carbocycles. The zero-order chi connectivity index (χ0) is 23.2. The van der Waals surface area contributed by atoms with Gasteiger partial charge in [0, 0.05) is 10.0 Å². The van der Waals surface area contributed by atoms with Gasteiger partial charge >= 0.3 is 5.97 Å². The quantitative estimate of drug-likeness (QED) is 0.260. The van der Waals surface area contributed by atoms with Crippen LogP contribution in [0.15, 0.2) is 82.9 Å². The van der Waals surface area contributed by atoms with Gasteiger partial charge in [0.2, 0.25) is 0 Å². The van der Waals surface area contributed by atoms with Gasteiger partial charge in [0.1, 0.15) is 18.1 Å². The Morgan fingerprint density at radius 3 is 2.39 bits per heavy atom. The van der Waals surface area contributed by atoms with Crippen molar-refractivity contribution in [2.75, 3.05) is 13.7 Å². The van der Waals surface area contributed by atoms with E-state index in [1.165, 1.54) is 0 Å². The Balaban J connectivity index is 1.54. The molecule has 0 radical (unpaired) electrons. The van der Waals surface area contributed by atoms with Crippen molar-refractivity contribution in [2.45, 2.75) is 13.5 Å². The highest BCUT2D eigenvalue weighted by Crippen LogP contribution is 2.32. The highest BCUT2D eigenvalue weighted by atomic mass is 79.9. The van der Waals surface area contributed by atoms with E-state index in [1.54, 1.807) is 19.3 Å². The van der Waals surface area contributed by atoms with Crippen LogP contribution >= 0.6 is 15.9 Å². The molecule has 0 bridgehead atoms. The average molecular weight is 507 g/mol. The van der Waals surface area contributed by atoms with E-state index in [-0.39, 0.29) is 0 Å². The van der Waals surface area contributed by atoms with Gasteiger partial charge < -0.3 is 18.9 Å². The second kappa shape index (κ2) is 10.4. The standard InChI is InChI=1S/C27H23BrO5/c1-3-31-26-15-19(6-13-24(26)32-17-18-4-9-22(28)10-5-18)14-21-16-25(33-27(21)29)20-7-11-23(30-2)12-8-20/h4-16H,3,17H2,1-2H3/b21-14+. The maximum Gasteiger partial charge on any atom is 0.343 e. The lowest BCUT2D eigenvalue weighted by atomic mass is 10.1. The number of halogens is 1. The molecular weight excluding hydrogens is 484 g/mol. The lowest BCUT2D eigenvalue weighted by Gasteiger charge is -2.13. The molecule has 5 nitrogen and oxygen atoms in total. The molecule has 4 rings (SSSR count). The first kappa shape index (κ1) is 22.7. The normalized spacial score (nSPS) is 14.1. The first-order valence-electron chi connectivity index (χ1n) is 10.5. The van der Waals surface area contributed by atoms with Crippen molar-refractivity contribution in [1.82, 2.24) is 0 Å². The molecule has 6 heteroatoms. The van der Waals surface area contributed by atoms with Crippen molar-refractivity contribution >= 4 is 33.7 Å². The Hall–Kier alpha value is -3.51. The molecule has 0 fully saturated rings. The van der Waals surface area contributed by atoms with Crippen LogP contribution < -0.4 is 14.2 Å². The van der Waals surface area contributed by atoms with Gasteiger partial charge in [-0.05, 0) is 78.7 Å². The first-order chi connectivity index (χ1) is 16.1. The fourth-order valence-electron chi connectivity index (χ4n) is 3.31. The lowest BCUT2D eigenvalue weighted by Crippen LogP contribution is -2.00. The monoisotopic (exact) mass is 506 g/mol. The van der Waals surface area contributed by atoms with E-state index in [2.05, 4.69) is 15.9 Å². The number of ether oxygens (including phenoxy) is 4. The molecular formula is C27H23BrO5. The van der Waals surface area contributed by atoms with Crippen molar-refractivity contribution < 1.29 is 23.7 Å². The third-order valence-electron chi connectivity index (χ3n) is 5.00. The predicted molar refractivity (Wildman–Crippen MR) is 131 cm³/mol. The molecule has 0 amide bonds. The van der Waals surface area contributed by atoms with Crippen molar-refractivity contribution in [3.8, 4) is 17.2 Å². The molecule has 1 aliphatic rings. The van der Waals surface area contributed by atoms with Gasteiger partial charge in [0.05, 0.1) is 19.3 Å². The summed E-state index contributed by atoms with van der Waals surface area (Å²) in [6.07, 6.45) is 3.52. The van der Waals surface area contributed by atoms with Gasteiger partial charge in [-0.1, -0.05) is 34.1 Å². The summed E-state index contributed by atoms with van der Waals surface area (Å²) in [5.41, 5.74) is 3.14. The Kier molecular flexibility index (Phi) is 7.15. The van der Waals surface area contributed by atoms with Gasteiger partial charge in [-0.15, -0.1) is 0 Å². The summed E-state index contributed by atoms with van der Waals surface area (Å²) >= 11 is 3.44. The summed E-state index contributed by atoms with van der Waals surface area (Å²) in [6, 6.07) is 20.9. The number of cyclic esters (lactones) is 1. The molecule has 33 heavy (non-hydrogen) atoms. The van der Waals surface area contributed by atoms with E-state index in [4.69, 9.17) is 18.9 Å². The molecule has 0 aliphatic carbocycles. The maximum absolute atomic E-state index is 12.4. The van der Waals surface area contributed by atoms with E-state index in [0.717, 1.165) is 26.9 Å². The van der Waals surface area contributed by atoms with Crippen LogP contribution in [-0.4, -0.2) is 19.7 Å². The summed E-state index contributed by atoms with van der Waals surface area (Å²) in [6.45, 7) is 2.84. The lowest BCUT2D eigenvalue weighted by molar-refractivity contribution is -0.130. The van der Waals surface area contributed by atoms with Crippen LogP contribution in [0.5, 0.6) is 17.2 Å². The predicted octanol–water partition coefficient (Wildman–Crippen LogP) is 6.42. The molecule has 0 saturated carbocycles. The van der Waals surface area contributed by atoms with Gasteiger partial charge in [-0.25, -0.2) is 4.79 Å². The largest absolute Gasteiger partial charge is 0.497 e. The van der Waals surface area contributed by atoms with Crippen molar-refractivity contribution in [1.29, 1.82) is 0 Å². The van der Waals surface area contributed by atoms with Crippen molar-refractivity contribution in [3.05, 3.63) is 99.5 Å². The van der Waals surface area contributed by atoms with Crippen LogP contribution in [0.25, 0.3) is 11.8 Å². The summed E-state index contributed by atoms with van der Waals surface area (Å²) in [5, 5.41) is 0. The van der Waals surface area contributed by atoms with Crippen LogP contribution in [0.3, 0.4) is 0 Å². The average Bonchev–Trinajstić information content (AvgIpc) is 3.20. The van der Waals surface area contributed by atoms with Gasteiger partial charge in [0.25, 0.3) is 0 Å². The van der Waals surface area contributed by atoms with Crippen LogP contribution in [0.4, 0.5) is 0 Å². The minimum absolute atomic E-state index is 0.394.